The molecule has 0 saturated carbocycles. The molecule has 0 spiro atoms. The molecular weight excluding hydrogens is 382 g/mol. The van der Waals surface area contributed by atoms with Gasteiger partial charge in [0.05, 0.1) is 18.3 Å². The Bertz CT molecular complexity index is 911. The Kier molecular flexibility index (Phi) is 7.43. The lowest BCUT2D eigenvalue weighted by Crippen LogP contribution is -2.23. The highest BCUT2D eigenvalue weighted by Gasteiger charge is 2.22. The van der Waals surface area contributed by atoms with Crippen LogP contribution >= 0.6 is 11.8 Å². The summed E-state index contributed by atoms with van der Waals surface area (Å²) in [6.45, 7) is 2.82. The molecule has 0 fully saturated rings. The van der Waals surface area contributed by atoms with E-state index < -0.39 is 0 Å². The van der Waals surface area contributed by atoms with E-state index in [0.29, 0.717) is 6.54 Å². The van der Waals surface area contributed by atoms with Crippen molar-refractivity contribution < 1.29 is 4.79 Å². The Balaban J connectivity index is 1.78. The first-order valence-electron chi connectivity index (χ1n) is 9.69. The number of nitrogens with one attached hydrogen (secondary N) is 1. The van der Waals surface area contributed by atoms with E-state index in [1.807, 2.05) is 48.5 Å². The quantitative estimate of drug-likeness (QED) is 0.540. The molecule has 3 rings (SSSR count). The Hall–Kier alpha value is -2.64. The number of rotatable bonds is 9. The molecule has 0 aliphatic carbocycles. The molecule has 152 valence electrons. The van der Waals surface area contributed by atoms with Crippen LogP contribution in [0.1, 0.15) is 30.8 Å². The van der Waals surface area contributed by atoms with Gasteiger partial charge in [-0.25, -0.2) is 0 Å². The average molecular weight is 410 g/mol. The predicted octanol–water partition coefficient (Wildman–Crippen LogP) is 4.07. The first-order chi connectivity index (χ1) is 14.1. The van der Waals surface area contributed by atoms with E-state index in [0.717, 1.165) is 23.1 Å². The highest BCUT2D eigenvalue weighted by Crippen LogP contribution is 2.26. The first kappa shape index (κ1) is 21.1. The summed E-state index contributed by atoms with van der Waals surface area (Å²) in [6, 6.07) is 19.9. The number of hydrogen-bond donors (Lipinski definition) is 1. The van der Waals surface area contributed by atoms with Gasteiger partial charge in [0.1, 0.15) is 0 Å². The van der Waals surface area contributed by atoms with E-state index in [1.54, 1.807) is 0 Å². The van der Waals surface area contributed by atoms with Gasteiger partial charge in [0.2, 0.25) is 5.91 Å². The molecule has 1 N–H and O–H groups in total. The second-order valence-corrected chi connectivity index (χ2v) is 7.95. The number of benzene rings is 2. The maximum Gasteiger partial charge on any atom is 0.234 e. The third-order valence-electron chi connectivity index (χ3n) is 4.63. The van der Waals surface area contributed by atoms with Gasteiger partial charge < -0.3 is 9.88 Å². The molecule has 0 radical (unpaired) electrons. The van der Waals surface area contributed by atoms with Gasteiger partial charge in [0.25, 0.3) is 0 Å². The Morgan fingerprint density at radius 2 is 1.72 bits per heavy atom. The van der Waals surface area contributed by atoms with Gasteiger partial charge in [0, 0.05) is 5.69 Å². The summed E-state index contributed by atoms with van der Waals surface area (Å²) in [7, 11) is 4.10. The topological polar surface area (TPSA) is 63.1 Å². The van der Waals surface area contributed by atoms with Crippen LogP contribution in [0.25, 0.3) is 0 Å². The molecule has 0 bridgehead atoms. The summed E-state index contributed by atoms with van der Waals surface area (Å²) in [5.41, 5.74) is 1.97. The summed E-state index contributed by atoms with van der Waals surface area (Å²) >= 11 is 1.41. The van der Waals surface area contributed by atoms with Gasteiger partial charge >= 0.3 is 0 Å². The summed E-state index contributed by atoms with van der Waals surface area (Å²) in [5, 5.41) is 12.6. The first-order valence-corrected chi connectivity index (χ1v) is 10.7. The van der Waals surface area contributed by atoms with Gasteiger partial charge in [-0.2, -0.15) is 0 Å². The van der Waals surface area contributed by atoms with Crippen molar-refractivity contribution in [3.63, 3.8) is 0 Å². The lowest BCUT2D eigenvalue weighted by molar-refractivity contribution is -0.113. The van der Waals surface area contributed by atoms with Crippen LogP contribution in [-0.4, -0.2) is 45.4 Å². The largest absolute Gasteiger partial charge is 0.325 e. The van der Waals surface area contributed by atoms with Gasteiger partial charge in [-0.1, -0.05) is 67.2 Å². The van der Waals surface area contributed by atoms with Gasteiger partial charge in [-0.3, -0.25) is 9.69 Å². The molecule has 2 aromatic carbocycles. The third-order valence-corrected chi connectivity index (χ3v) is 5.59. The number of aromatic nitrogens is 3. The SMILES string of the molecule is CC[C@H](c1nnc(SCC(=O)Nc2ccccc2)n1Cc1ccccc1)N(C)C. The number of amides is 1. The zero-order valence-corrected chi connectivity index (χ0v) is 17.9. The highest BCUT2D eigenvalue weighted by molar-refractivity contribution is 7.99. The van der Waals surface area contributed by atoms with Crippen LogP contribution in [0.15, 0.2) is 65.8 Å². The fourth-order valence-electron chi connectivity index (χ4n) is 3.20. The minimum absolute atomic E-state index is 0.0586. The number of carbonyl (C=O) groups excluding carboxylic acids is 1. The van der Waals surface area contributed by atoms with Crippen molar-refractivity contribution in [1.29, 1.82) is 0 Å². The molecule has 0 aliphatic rings. The normalized spacial score (nSPS) is 12.1. The Morgan fingerprint density at radius 3 is 2.34 bits per heavy atom. The van der Waals surface area contributed by atoms with Crippen molar-refractivity contribution in [1.82, 2.24) is 19.7 Å². The van der Waals surface area contributed by atoms with Crippen molar-refractivity contribution in [2.75, 3.05) is 25.2 Å². The smallest absolute Gasteiger partial charge is 0.234 e. The Labute approximate surface area is 176 Å². The van der Waals surface area contributed by atoms with Crippen LogP contribution in [0.2, 0.25) is 0 Å². The molecule has 1 heterocycles. The molecule has 1 amide bonds. The highest BCUT2D eigenvalue weighted by atomic mass is 32.2. The number of anilines is 1. The maximum atomic E-state index is 12.4. The standard InChI is InChI=1S/C22H27N5OS/c1-4-19(26(2)3)21-24-25-22(27(21)15-17-11-7-5-8-12-17)29-16-20(28)23-18-13-9-6-10-14-18/h5-14,19H,4,15-16H2,1-3H3,(H,23,28)/t19-/m1/s1. The fraction of sp³-hybridized carbons (Fsp3) is 0.318. The zero-order valence-electron chi connectivity index (χ0n) is 17.1. The molecule has 1 atom stereocenters. The van der Waals surface area contributed by atoms with Crippen LogP contribution in [0.4, 0.5) is 5.69 Å². The van der Waals surface area contributed by atoms with Crippen molar-refractivity contribution >= 4 is 23.4 Å². The van der Waals surface area contributed by atoms with Gasteiger partial charge in [-0.15, -0.1) is 10.2 Å². The van der Waals surface area contributed by atoms with Crippen LogP contribution in [0.5, 0.6) is 0 Å². The van der Waals surface area contributed by atoms with E-state index in [2.05, 4.69) is 58.1 Å². The van der Waals surface area contributed by atoms with Crippen LogP contribution in [0.3, 0.4) is 0 Å². The molecule has 3 aromatic rings. The number of thioether (sulfide) groups is 1. The fourth-order valence-corrected chi connectivity index (χ4v) is 3.94. The number of nitrogens with zero attached hydrogens (tertiary/aromatic N) is 4. The number of para-hydroxylation sites is 1. The van der Waals surface area contributed by atoms with Gasteiger partial charge in [-0.05, 0) is 38.2 Å². The lowest BCUT2D eigenvalue weighted by Gasteiger charge is -2.23. The lowest BCUT2D eigenvalue weighted by atomic mass is 10.2. The summed E-state index contributed by atoms with van der Waals surface area (Å²) in [6.07, 6.45) is 0.930. The molecule has 7 heteroatoms. The van der Waals surface area contributed by atoms with Crippen LogP contribution in [0, 0.1) is 0 Å². The monoisotopic (exact) mass is 409 g/mol. The van der Waals surface area contributed by atoms with Crippen molar-refractivity contribution in [2.24, 2.45) is 0 Å². The predicted molar refractivity (Wildman–Crippen MR) is 118 cm³/mol. The van der Waals surface area contributed by atoms with E-state index in [9.17, 15) is 4.79 Å². The van der Waals surface area contributed by atoms with Crippen LogP contribution < -0.4 is 5.32 Å². The van der Waals surface area contributed by atoms with E-state index >= 15 is 0 Å². The van der Waals surface area contributed by atoms with Crippen LogP contribution in [-0.2, 0) is 11.3 Å². The number of carbonyl (C=O) groups is 1. The Morgan fingerprint density at radius 1 is 1.07 bits per heavy atom. The third kappa shape index (κ3) is 5.68. The van der Waals surface area contributed by atoms with Crippen molar-refractivity contribution in [3.05, 3.63) is 72.1 Å². The molecule has 0 saturated heterocycles. The zero-order chi connectivity index (χ0) is 20.6. The second kappa shape index (κ2) is 10.2. The summed E-state index contributed by atoms with van der Waals surface area (Å²) < 4.78 is 2.13. The average Bonchev–Trinajstić information content (AvgIpc) is 3.10. The molecule has 0 unspecified atom stereocenters. The number of hydrogen-bond acceptors (Lipinski definition) is 5. The second-order valence-electron chi connectivity index (χ2n) is 7.00. The van der Waals surface area contributed by atoms with E-state index in [1.165, 1.54) is 17.3 Å². The molecule has 0 aliphatic heterocycles. The minimum Gasteiger partial charge on any atom is -0.325 e. The van der Waals surface area contributed by atoms with Crippen molar-refractivity contribution in [3.8, 4) is 0 Å². The molecular formula is C22H27N5OS. The van der Waals surface area contributed by atoms with E-state index in [-0.39, 0.29) is 17.7 Å². The molecule has 29 heavy (non-hydrogen) atoms. The molecule has 1 aromatic heterocycles. The maximum absolute atomic E-state index is 12.4. The summed E-state index contributed by atoms with van der Waals surface area (Å²) in [5.74, 6) is 1.14. The van der Waals surface area contributed by atoms with E-state index in [4.69, 9.17) is 0 Å². The minimum atomic E-state index is -0.0586. The van der Waals surface area contributed by atoms with Gasteiger partial charge in [0.15, 0.2) is 11.0 Å². The summed E-state index contributed by atoms with van der Waals surface area (Å²) in [4.78, 5) is 14.5. The molecule has 6 nitrogen and oxygen atoms in total. The van der Waals surface area contributed by atoms with Crippen molar-refractivity contribution in [2.45, 2.75) is 31.1 Å².